The number of carbonyl (C=O) groups is 4. The molecule has 0 N–H and O–H groups in total. The van der Waals surface area contributed by atoms with Gasteiger partial charge in [-0.2, -0.15) is 0 Å². The summed E-state index contributed by atoms with van der Waals surface area (Å²) in [5.41, 5.74) is 0.490. The van der Waals surface area contributed by atoms with Crippen molar-refractivity contribution in [1.82, 2.24) is 4.98 Å². The molecule has 9 heteroatoms. The molecule has 2 aliphatic carbocycles. The predicted molar refractivity (Wildman–Crippen MR) is 164 cm³/mol. The topological polar surface area (TPSA) is 99.6 Å². The maximum absolute atomic E-state index is 13.2. The van der Waals surface area contributed by atoms with E-state index in [0.717, 1.165) is 20.0 Å². The van der Waals surface area contributed by atoms with Gasteiger partial charge >= 0.3 is 11.9 Å². The van der Waals surface area contributed by atoms with Crippen LogP contribution in [0.4, 0.5) is 0 Å². The Kier molecular flexibility index (Phi) is 8.23. The molecule has 0 spiro atoms. The molecule has 6 rings (SSSR count). The summed E-state index contributed by atoms with van der Waals surface area (Å²) in [4.78, 5) is 55.8. The Morgan fingerprint density at radius 3 is 1.79 bits per heavy atom. The van der Waals surface area contributed by atoms with Gasteiger partial charge in [0.25, 0.3) is 0 Å². The molecule has 2 aromatic heterocycles. The minimum absolute atomic E-state index is 0.0228. The second-order valence-corrected chi connectivity index (χ2v) is 13.7. The number of benzene rings is 2. The fourth-order valence-electron chi connectivity index (χ4n) is 6.17. The van der Waals surface area contributed by atoms with E-state index >= 15 is 0 Å². The zero-order valence-corrected chi connectivity index (χ0v) is 25.4. The van der Waals surface area contributed by atoms with Gasteiger partial charge in [-0.05, 0) is 94.9 Å². The highest BCUT2D eigenvalue weighted by atomic mass is 32.1. The Labute approximate surface area is 252 Å². The summed E-state index contributed by atoms with van der Waals surface area (Å²) in [6.07, 6.45) is 5.29. The zero-order chi connectivity index (χ0) is 29.4. The number of rotatable bonds is 7. The average molecular weight is 604 g/mol. The van der Waals surface area contributed by atoms with Crippen molar-refractivity contribution in [3.8, 4) is 21.4 Å². The highest BCUT2D eigenvalue weighted by Crippen LogP contribution is 2.44. The lowest BCUT2D eigenvalue weighted by atomic mass is 9.80. The van der Waals surface area contributed by atoms with E-state index in [-0.39, 0.29) is 47.2 Å². The summed E-state index contributed by atoms with van der Waals surface area (Å²) in [5, 5.41) is 1.88. The standard InChI is InChI=1S/C33H33NO6S2/c1-18(35)20-7-11-22(12-8-20)32(37)39-25-15-16-26(40-33(38)23-13-9-21(10-14-23)19(2)36)30-29(25)34-31(42-30)28-17-24-5-3-4-6-27(24)41-28/h3-6,15-17,20-23H,7-14H2,1-2H3. The second kappa shape index (κ2) is 12.1. The van der Waals surface area contributed by atoms with Crippen LogP contribution in [-0.2, 0) is 19.2 Å². The number of carbonyl (C=O) groups excluding carboxylic acids is 4. The number of ether oxygens (including phenoxy) is 2. The van der Waals surface area contributed by atoms with Crippen LogP contribution in [0.15, 0.2) is 42.5 Å². The maximum atomic E-state index is 13.2. The van der Waals surface area contributed by atoms with Crippen molar-refractivity contribution in [1.29, 1.82) is 0 Å². The van der Waals surface area contributed by atoms with Gasteiger partial charge in [-0.25, -0.2) is 4.98 Å². The summed E-state index contributed by atoms with van der Waals surface area (Å²) >= 11 is 3.05. The van der Waals surface area contributed by atoms with Crippen molar-refractivity contribution >= 4 is 66.5 Å². The quantitative estimate of drug-likeness (QED) is 0.157. The number of ketones is 2. The first-order chi connectivity index (χ1) is 20.3. The minimum atomic E-state index is -0.318. The summed E-state index contributed by atoms with van der Waals surface area (Å²) < 4.78 is 13.7. The molecule has 0 unspecified atom stereocenters. The van der Waals surface area contributed by atoms with Crippen molar-refractivity contribution in [2.24, 2.45) is 23.7 Å². The SMILES string of the molecule is CC(=O)C1CCC(C(=O)Oc2ccc(OC(=O)C3CCC(C(C)=O)CC3)c3sc(-c4cc5ccccc5s4)nc23)CC1. The molecule has 0 radical (unpaired) electrons. The van der Waals surface area contributed by atoms with E-state index in [1.54, 1.807) is 37.3 Å². The molecule has 4 aromatic rings. The van der Waals surface area contributed by atoms with Crippen LogP contribution in [0.1, 0.15) is 65.2 Å². The van der Waals surface area contributed by atoms with Crippen LogP contribution in [-0.4, -0.2) is 28.5 Å². The van der Waals surface area contributed by atoms with E-state index in [4.69, 9.17) is 14.5 Å². The molecule has 0 bridgehead atoms. The van der Waals surface area contributed by atoms with E-state index in [1.165, 1.54) is 11.3 Å². The van der Waals surface area contributed by atoms with Crippen molar-refractivity contribution in [3.63, 3.8) is 0 Å². The summed E-state index contributed by atoms with van der Waals surface area (Å²) in [7, 11) is 0. The highest BCUT2D eigenvalue weighted by molar-refractivity contribution is 7.28. The highest BCUT2D eigenvalue weighted by Gasteiger charge is 2.32. The lowest BCUT2D eigenvalue weighted by Crippen LogP contribution is -2.28. The summed E-state index contributed by atoms with van der Waals surface area (Å²) in [6, 6.07) is 13.6. The van der Waals surface area contributed by atoms with Crippen LogP contribution in [0.3, 0.4) is 0 Å². The summed E-state index contributed by atoms with van der Waals surface area (Å²) in [5.74, 6) is 0.00320. The van der Waals surface area contributed by atoms with Gasteiger partial charge in [0.05, 0.1) is 16.7 Å². The van der Waals surface area contributed by atoms with E-state index < -0.39 is 0 Å². The normalized spacial score (nSPS) is 22.6. The van der Waals surface area contributed by atoms with Crippen LogP contribution < -0.4 is 9.47 Å². The summed E-state index contributed by atoms with van der Waals surface area (Å²) in [6.45, 7) is 3.23. The van der Waals surface area contributed by atoms with Crippen LogP contribution in [0.25, 0.3) is 30.2 Å². The first-order valence-electron chi connectivity index (χ1n) is 14.6. The fraction of sp³-hybridized carbons (Fsp3) is 0.424. The molecule has 7 nitrogen and oxygen atoms in total. The Morgan fingerprint density at radius 2 is 1.21 bits per heavy atom. The van der Waals surface area contributed by atoms with Gasteiger partial charge in [0.1, 0.15) is 26.8 Å². The Hall–Kier alpha value is -3.43. The molecule has 2 aromatic carbocycles. The van der Waals surface area contributed by atoms with E-state index in [0.29, 0.717) is 73.1 Å². The number of Topliss-reactive ketones (excluding diaryl/α,β-unsaturated/α-hetero) is 2. The molecular weight excluding hydrogens is 570 g/mol. The average Bonchev–Trinajstić information content (AvgIpc) is 3.64. The molecule has 42 heavy (non-hydrogen) atoms. The number of nitrogens with zero attached hydrogens (tertiary/aromatic N) is 1. The number of hydrogen-bond donors (Lipinski definition) is 0. The van der Waals surface area contributed by atoms with Crippen molar-refractivity contribution in [3.05, 3.63) is 42.5 Å². The van der Waals surface area contributed by atoms with Gasteiger partial charge in [-0.15, -0.1) is 22.7 Å². The maximum Gasteiger partial charge on any atom is 0.314 e. The lowest BCUT2D eigenvalue weighted by molar-refractivity contribution is -0.141. The predicted octanol–water partition coefficient (Wildman–Crippen LogP) is 7.78. The third-order valence-electron chi connectivity index (χ3n) is 8.80. The van der Waals surface area contributed by atoms with Crippen molar-refractivity contribution < 1.29 is 28.7 Å². The Morgan fingerprint density at radius 1 is 0.690 bits per heavy atom. The number of fused-ring (bicyclic) bond motifs is 2. The van der Waals surface area contributed by atoms with Crippen molar-refractivity contribution in [2.45, 2.75) is 65.2 Å². The zero-order valence-electron chi connectivity index (χ0n) is 23.7. The molecule has 2 fully saturated rings. The largest absolute Gasteiger partial charge is 0.425 e. The smallest absolute Gasteiger partial charge is 0.314 e. The monoisotopic (exact) mass is 603 g/mol. The third-order valence-corrected chi connectivity index (χ3v) is 11.2. The Balaban J connectivity index is 1.28. The van der Waals surface area contributed by atoms with Gasteiger partial charge in [0.15, 0.2) is 11.5 Å². The van der Waals surface area contributed by atoms with Gasteiger partial charge in [0, 0.05) is 16.5 Å². The third kappa shape index (κ3) is 5.90. The van der Waals surface area contributed by atoms with Gasteiger partial charge in [-0.3, -0.25) is 19.2 Å². The molecule has 2 heterocycles. The number of thiazole rings is 1. The molecule has 2 aliphatic rings. The molecule has 0 aliphatic heterocycles. The minimum Gasteiger partial charge on any atom is -0.425 e. The van der Waals surface area contributed by atoms with Crippen LogP contribution in [0.5, 0.6) is 11.5 Å². The first kappa shape index (κ1) is 28.7. The van der Waals surface area contributed by atoms with Crippen LogP contribution >= 0.6 is 22.7 Å². The number of hydrogen-bond acceptors (Lipinski definition) is 9. The molecular formula is C33H33NO6S2. The number of thiophene rings is 1. The van der Waals surface area contributed by atoms with Crippen LogP contribution in [0.2, 0.25) is 0 Å². The fourth-order valence-corrected chi connectivity index (χ4v) is 8.31. The van der Waals surface area contributed by atoms with E-state index in [1.807, 2.05) is 12.1 Å². The number of aromatic nitrogens is 1. The first-order valence-corrected chi connectivity index (χ1v) is 16.3. The van der Waals surface area contributed by atoms with Gasteiger partial charge in [0.2, 0.25) is 0 Å². The molecule has 0 saturated heterocycles. The molecule has 2 saturated carbocycles. The van der Waals surface area contributed by atoms with E-state index in [2.05, 4.69) is 18.2 Å². The molecule has 218 valence electrons. The van der Waals surface area contributed by atoms with Gasteiger partial charge in [-0.1, -0.05) is 18.2 Å². The van der Waals surface area contributed by atoms with Gasteiger partial charge < -0.3 is 9.47 Å². The lowest BCUT2D eigenvalue weighted by Gasteiger charge is -2.25. The Bertz CT molecular complexity index is 1550. The van der Waals surface area contributed by atoms with Crippen LogP contribution in [0, 0.1) is 23.7 Å². The second-order valence-electron chi connectivity index (χ2n) is 11.6. The number of esters is 2. The molecule has 0 amide bonds. The molecule has 0 atom stereocenters. The van der Waals surface area contributed by atoms with E-state index in [9.17, 15) is 19.2 Å². The van der Waals surface area contributed by atoms with Crippen molar-refractivity contribution in [2.75, 3.05) is 0 Å².